The molecule has 0 radical (unpaired) electrons. The van der Waals surface area contributed by atoms with Crippen molar-refractivity contribution in [2.24, 2.45) is 0 Å². The second-order valence-corrected chi connectivity index (χ2v) is 7.00. The molecule has 1 saturated carbocycles. The molecule has 2 fully saturated rings. The normalized spacial score (nSPS) is 22.7. The van der Waals surface area contributed by atoms with Crippen LogP contribution in [-0.4, -0.2) is 25.2 Å². The van der Waals surface area contributed by atoms with Crippen molar-refractivity contribution in [2.45, 2.75) is 44.6 Å². The number of nitrogens with one attached hydrogen (secondary N) is 1. The van der Waals surface area contributed by atoms with Gasteiger partial charge in [-0.2, -0.15) is 0 Å². The largest absolute Gasteiger partial charge is 0.367 e. The fraction of sp³-hybridized carbons (Fsp3) is 0.625. The molecule has 2 aliphatic rings. The highest BCUT2D eigenvalue weighted by Gasteiger charge is 2.36. The second-order valence-electron chi connectivity index (χ2n) is 6.14. The van der Waals surface area contributed by atoms with Gasteiger partial charge in [0.25, 0.3) is 0 Å². The zero-order valence-corrected chi connectivity index (χ0v) is 13.3. The molecule has 0 amide bonds. The smallest absolute Gasteiger partial charge is 0.0514 e. The number of aryl methyl sites for hydroxylation is 1. The fourth-order valence-electron chi connectivity index (χ4n) is 3.59. The lowest BCUT2D eigenvalue weighted by molar-refractivity contribution is 0.216. The zero-order valence-electron chi connectivity index (χ0n) is 11.7. The third kappa shape index (κ3) is 2.82. The molecule has 2 nitrogen and oxygen atoms in total. The van der Waals surface area contributed by atoms with E-state index >= 15 is 0 Å². The Balaban J connectivity index is 1.82. The van der Waals surface area contributed by atoms with Gasteiger partial charge in [0, 0.05) is 29.6 Å². The van der Waals surface area contributed by atoms with Crippen molar-refractivity contribution in [1.29, 1.82) is 0 Å². The molecule has 3 rings (SSSR count). The molecular formula is C16H23BrN2. The van der Waals surface area contributed by atoms with Crippen LogP contribution < -0.4 is 10.2 Å². The van der Waals surface area contributed by atoms with Crippen molar-refractivity contribution in [2.75, 3.05) is 24.5 Å². The number of rotatable bonds is 1. The summed E-state index contributed by atoms with van der Waals surface area (Å²) in [5, 5.41) is 3.81. The van der Waals surface area contributed by atoms with Gasteiger partial charge in [-0.3, -0.25) is 0 Å². The van der Waals surface area contributed by atoms with E-state index in [0.29, 0.717) is 5.54 Å². The number of halogens is 1. The maximum absolute atomic E-state index is 3.81. The van der Waals surface area contributed by atoms with Crippen molar-refractivity contribution in [3.8, 4) is 0 Å². The van der Waals surface area contributed by atoms with Crippen LogP contribution in [0, 0.1) is 6.92 Å². The number of hydrogen-bond donors (Lipinski definition) is 1. The van der Waals surface area contributed by atoms with E-state index in [1.165, 1.54) is 47.8 Å². The van der Waals surface area contributed by atoms with E-state index in [2.05, 4.69) is 51.3 Å². The Morgan fingerprint density at radius 3 is 2.79 bits per heavy atom. The molecule has 3 heteroatoms. The molecule has 1 aliphatic carbocycles. The summed E-state index contributed by atoms with van der Waals surface area (Å²) in [6.07, 6.45) is 6.86. The molecule has 104 valence electrons. The van der Waals surface area contributed by atoms with Gasteiger partial charge in [0.2, 0.25) is 0 Å². The second kappa shape index (κ2) is 5.45. The van der Waals surface area contributed by atoms with Crippen LogP contribution in [0.1, 0.15) is 37.7 Å². The van der Waals surface area contributed by atoms with E-state index in [9.17, 15) is 0 Å². The summed E-state index contributed by atoms with van der Waals surface area (Å²) in [7, 11) is 0. The first-order chi connectivity index (χ1) is 9.19. The molecule has 1 aliphatic heterocycles. The maximum atomic E-state index is 3.81. The molecular weight excluding hydrogens is 300 g/mol. The number of benzene rings is 1. The number of hydrogen-bond acceptors (Lipinski definition) is 2. The molecule has 0 bridgehead atoms. The third-order valence-electron chi connectivity index (χ3n) is 4.63. The minimum Gasteiger partial charge on any atom is -0.367 e. The predicted octanol–water partition coefficient (Wildman–Crippen LogP) is 3.87. The molecule has 1 spiro atoms. The molecule has 0 aromatic heterocycles. The highest BCUT2D eigenvalue weighted by atomic mass is 79.9. The first-order valence-corrected chi connectivity index (χ1v) is 8.24. The number of anilines is 1. The van der Waals surface area contributed by atoms with Crippen LogP contribution in [0.4, 0.5) is 5.69 Å². The van der Waals surface area contributed by atoms with Gasteiger partial charge in [0.15, 0.2) is 0 Å². The lowest BCUT2D eigenvalue weighted by Crippen LogP contribution is -2.61. The molecule has 0 atom stereocenters. The summed E-state index contributed by atoms with van der Waals surface area (Å²) in [6, 6.07) is 6.67. The van der Waals surface area contributed by atoms with Gasteiger partial charge in [-0.15, -0.1) is 0 Å². The summed E-state index contributed by atoms with van der Waals surface area (Å²) >= 11 is 3.72. The van der Waals surface area contributed by atoms with Crippen molar-refractivity contribution < 1.29 is 0 Å². The summed E-state index contributed by atoms with van der Waals surface area (Å²) in [4.78, 5) is 2.57. The SMILES string of the molecule is Cc1ccc(Br)c(N2CCNC3(CCCCC3)C2)c1. The monoisotopic (exact) mass is 322 g/mol. The Kier molecular flexibility index (Phi) is 3.86. The Hall–Kier alpha value is -0.540. The van der Waals surface area contributed by atoms with Crippen LogP contribution in [0.15, 0.2) is 22.7 Å². The average molecular weight is 323 g/mol. The van der Waals surface area contributed by atoms with Crippen LogP contribution in [0.2, 0.25) is 0 Å². The van der Waals surface area contributed by atoms with Crippen molar-refractivity contribution >= 4 is 21.6 Å². The van der Waals surface area contributed by atoms with Crippen LogP contribution in [0.5, 0.6) is 0 Å². The van der Waals surface area contributed by atoms with Gasteiger partial charge in [-0.1, -0.05) is 25.3 Å². The molecule has 1 N–H and O–H groups in total. The summed E-state index contributed by atoms with van der Waals surface area (Å²) in [5.41, 5.74) is 3.08. The molecule has 1 aromatic carbocycles. The molecule has 1 aromatic rings. The minimum atomic E-state index is 0.375. The Labute approximate surface area is 124 Å². The van der Waals surface area contributed by atoms with Gasteiger partial charge in [-0.25, -0.2) is 0 Å². The first kappa shape index (κ1) is 13.4. The van der Waals surface area contributed by atoms with Gasteiger partial charge in [0.1, 0.15) is 0 Å². The predicted molar refractivity (Wildman–Crippen MR) is 84.9 cm³/mol. The molecule has 1 saturated heterocycles. The van der Waals surface area contributed by atoms with Crippen molar-refractivity contribution in [3.63, 3.8) is 0 Å². The quantitative estimate of drug-likeness (QED) is 0.844. The summed E-state index contributed by atoms with van der Waals surface area (Å²) < 4.78 is 1.23. The van der Waals surface area contributed by atoms with Gasteiger partial charge < -0.3 is 10.2 Å². The number of piperazine rings is 1. The van der Waals surface area contributed by atoms with E-state index in [4.69, 9.17) is 0 Å². The van der Waals surface area contributed by atoms with E-state index in [1.54, 1.807) is 0 Å². The lowest BCUT2D eigenvalue weighted by Gasteiger charge is -2.47. The standard InChI is InChI=1S/C16H23BrN2/c1-13-5-6-14(17)15(11-13)19-10-9-18-16(12-19)7-3-2-4-8-16/h5-6,11,18H,2-4,7-10,12H2,1H3. The van der Waals surface area contributed by atoms with Crippen LogP contribution in [-0.2, 0) is 0 Å². The van der Waals surface area contributed by atoms with Gasteiger partial charge in [-0.05, 0) is 53.4 Å². The van der Waals surface area contributed by atoms with Gasteiger partial charge >= 0.3 is 0 Å². The van der Waals surface area contributed by atoms with Crippen LogP contribution in [0.25, 0.3) is 0 Å². The molecule has 0 unspecified atom stereocenters. The van der Waals surface area contributed by atoms with Gasteiger partial charge in [0.05, 0.1) is 5.69 Å². The Bertz CT molecular complexity index is 447. The fourth-order valence-corrected chi connectivity index (χ4v) is 4.09. The maximum Gasteiger partial charge on any atom is 0.0514 e. The Morgan fingerprint density at radius 1 is 1.21 bits per heavy atom. The van der Waals surface area contributed by atoms with Crippen LogP contribution in [0.3, 0.4) is 0 Å². The summed E-state index contributed by atoms with van der Waals surface area (Å²) in [5.74, 6) is 0. The van der Waals surface area contributed by atoms with E-state index in [-0.39, 0.29) is 0 Å². The highest BCUT2D eigenvalue weighted by Crippen LogP contribution is 2.35. The van der Waals surface area contributed by atoms with E-state index < -0.39 is 0 Å². The van der Waals surface area contributed by atoms with E-state index in [0.717, 1.165) is 19.6 Å². The summed E-state index contributed by atoms with van der Waals surface area (Å²) in [6.45, 7) is 5.56. The topological polar surface area (TPSA) is 15.3 Å². The minimum absolute atomic E-state index is 0.375. The van der Waals surface area contributed by atoms with E-state index in [1.807, 2.05) is 0 Å². The van der Waals surface area contributed by atoms with Crippen LogP contribution >= 0.6 is 15.9 Å². The average Bonchev–Trinajstić information content (AvgIpc) is 2.42. The molecule has 19 heavy (non-hydrogen) atoms. The van der Waals surface area contributed by atoms with Crippen molar-refractivity contribution in [3.05, 3.63) is 28.2 Å². The zero-order chi connectivity index (χ0) is 13.3. The Morgan fingerprint density at radius 2 is 2.00 bits per heavy atom. The highest BCUT2D eigenvalue weighted by molar-refractivity contribution is 9.10. The molecule has 1 heterocycles. The number of nitrogens with zero attached hydrogens (tertiary/aromatic N) is 1. The lowest BCUT2D eigenvalue weighted by atomic mass is 9.80. The van der Waals surface area contributed by atoms with Crippen molar-refractivity contribution in [1.82, 2.24) is 5.32 Å². The first-order valence-electron chi connectivity index (χ1n) is 7.45. The third-order valence-corrected chi connectivity index (χ3v) is 5.30.